The number of aromatic nitrogens is 1. The van der Waals surface area contributed by atoms with Crippen molar-refractivity contribution < 1.29 is 14.6 Å². The lowest BCUT2D eigenvalue weighted by Crippen LogP contribution is -2.35. The van der Waals surface area contributed by atoms with Gasteiger partial charge in [-0.25, -0.2) is 0 Å². The molecule has 0 aliphatic carbocycles. The molecule has 4 nitrogen and oxygen atoms in total. The molecule has 0 aromatic carbocycles. The number of nitrogens with zero attached hydrogens (tertiary/aromatic N) is 1. The summed E-state index contributed by atoms with van der Waals surface area (Å²) in [6.07, 6.45) is 3.28. The number of pyridine rings is 1. The van der Waals surface area contributed by atoms with Crippen molar-refractivity contribution in [3.05, 3.63) is 23.5 Å². The van der Waals surface area contributed by atoms with Gasteiger partial charge >= 0.3 is 0 Å². The predicted octanol–water partition coefficient (Wildman–Crippen LogP) is 1.22. The Labute approximate surface area is 82.5 Å². The highest BCUT2D eigenvalue weighted by atomic mass is 16.7. The molecule has 0 unspecified atom stereocenters. The molecule has 2 heterocycles. The van der Waals surface area contributed by atoms with E-state index in [2.05, 4.69) is 4.98 Å². The standard InChI is InChI=1S/C10H13NO3/c1-10(2)13-6-8-7(5-12)3-11-4-9(8)14-10/h3-4,12H,5-6H2,1-2H3. The van der Waals surface area contributed by atoms with E-state index >= 15 is 0 Å². The molecule has 0 amide bonds. The Morgan fingerprint density at radius 1 is 1.50 bits per heavy atom. The molecule has 0 fully saturated rings. The molecule has 0 atom stereocenters. The number of hydrogen-bond donors (Lipinski definition) is 1. The Kier molecular flexibility index (Phi) is 2.17. The van der Waals surface area contributed by atoms with E-state index in [1.807, 2.05) is 13.8 Å². The number of rotatable bonds is 1. The van der Waals surface area contributed by atoms with Gasteiger partial charge in [-0.05, 0) is 0 Å². The summed E-state index contributed by atoms with van der Waals surface area (Å²) in [6.45, 7) is 4.12. The quantitative estimate of drug-likeness (QED) is 0.732. The van der Waals surface area contributed by atoms with Crippen molar-refractivity contribution in [3.63, 3.8) is 0 Å². The predicted molar refractivity (Wildman–Crippen MR) is 49.7 cm³/mol. The van der Waals surface area contributed by atoms with Gasteiger partial charge in [0, 0.05) is 31.2 Å². The van der Waals surface area contributed by atoms with E-state index in [0.29, 0.717) is 12.4 Å². The van der Waals surface area contributed by atoms with E-state index in [-0.39, 0.29) is 6.61 Å². The fraction of sp³-hybridized carbons (Fsp3) is 0.500. The molecule has 0 bridgehead atoms. The first-order valence-electron chi connectivity index (χ1n) is 4.52. The van der Waals surface area contributed by atoms with Crippen molar-refractivity contribution in [3.8, 4) is 5.75 Å². The molecular weight excluding hydrogens is 182 g/mol. The van der Waals surface area contributed by atoms with Crippen LogP contribution < -0.4 is 4.74 Å². The topological polar surface area (TPSA) is 51.6 Å². The van der Waals surface area contributed by atoms with Gasteiger partial charge < -0.3 is 14.6 Å². The van der Waals surface area contributed by atoms with Crippen LogP contribution in [-0.2, 0) is 18.0 Å². The highest BCUT2D eigenvalue weighted by Crippen LogP contribution is 2.32. The zero-order valence-electron chi connectivity index (χ0n) is 8.28. The Morgan fingerprint density at radius 3 is 3.00 bits per heavy atom. The van der Waals surface area contributed by atoms with Crippen molar-refractivity contribution in [1.82, 2.24) is 4.98 Å². The van der Waals surface area contributed by atoms with Crippen molar-refractivity contribution in [2.45, 2.75) is 32.8 Å². The van der Waals surface area contributed by atoms with Gasteiger partial charge in [0.25, 0.3) is 0 Å². The van der Waals surface area contributed by atoms with Gasteiger partial charge in [0.05, 0.1) is 19.4 Å². The van der Waals surface area contributed by atoms with Crippen LogP contribution in [0.15, 0.2) is 12.4 Å². The second kappa shape index (κ2) is 3.22. The zero-order valence-corrected chi connectivity index (χ0v) is 8.28. The van der Waals surface area contributed by atoms with E-state index in [1.54, 1.807) is 12.4 Å². The van der Waals surface area contributed by atoms with Crippen LogP contribution in [0.5, 0.6) is 5.75 Å². The van der Waals surface area contributed by atoms with Gasteiger partial charge in [-0.3, -0.25) is 4.98 Å². The third-order valence-corrected chi connectivity index (χ3v) is 2.20. The molecule has 0 saturated carbocycles. The van der Waals surface area contributed by atoms with Crippen molar-refractivity contribution in [2.24, 2.45) is 0 Å². The smallest absolute Gasteiger partial charge is 0.205 e. The summed E-state index contributed by atoms with van der Waals surface area (Å²) in [5.74, 6) is 0.0933. The third kappa shape index (κ3) is 1.58. The minimum absolute atomic E-state index is 0.0384. The summed E-state index contributed by atoms with van der Waals surface area (Å²) in [6, 6.07) is 0. The first kappa shape index (κ1) is 9.43. The molecule has 1 aromatic heterocycles. The second-order valence-corrected chi connectivity index (χ2v) is 3.72. The molecule has 1 aromatic rings. The Morgan fingerprint density at radius 2 is 2.29 bits per heavy atom. The molecule has 4 heteroatoms. The maximum atomic E-state index is 9.07. The van der Waals surface area contributed by atoms with Crippen LogP contribution >= 0.6 is 0 Å². The highest BCUT2D eigenvalue weighted by molar-refractivity contribution is 5.37. The van der Waals surface area contributed by atoms with Gasteiger partial charge in [-0.1, -0.05) is 0 Å². The van der Waals surface area contributed by atoms with E-state index in [9.17, 15) is 0 Å². The molecule has 2 rings (SSSR count). The van der Waals surface area contributed by atoms with Crippen LogP contribution in [0.1, 0.15) is 25.0 Å². The van der Waals surface area contributed by atoms with Crippen LogP contribution in [0.4, 0.5) is 0 Å². The summed E-state index contributed by atoms with van der Waals surface area (Å²) in [5.41, 5.74) is 1.65. The van der Waals surface area contributed by atoms with Gasteiger partial charge in [0.1, 0.15) is 5.75 Å². The Balaban J connectivity index is 2.40. The van der Waals surface area contributed by atoms with Crippen LogP contribution in [-0.4, -0.2) is 15.9 Å². The number of fused-ring (bicyclic) bond motifs is 1. The minimum atomic E-state index is -0.608. The lowest BCUT2D eigenvalue weighted by atomic mass is 10.1. The van der Waals surface area contributed by atoms with E-state index < -0.39 is 5.79 Å². The number of ether oxygens (including phenoxy) is 2. The molecule has 14 heavy (non-hydrogen) atoms. The lowest BCUT2D eigenvalue weighted by molar-refractivity contribution is -0.180. The summed E-state index contributed by atoms with van der Waals surface area (Å²) in [4.78, 5) is 3.99. The van der Waals surface area contributed by atoms with Crippen molar-refractivity contribution in [1.29, 1.82) is 0 Å². The SMILES string of the molecule is CC1(C)OCc2c(CO)cncc2O1. The number of aliphatic hydroxyl groups excluding tert-OH is 1. The van der Waals surface area contributed by atoms with Crippen LogP contribution in [0, 0.1) is 0 Å². The summed E-state index contributed by atoms with van der Waals surface area (Å²) >= 11 is 0. The maximum Gasteiger partial charge on any atom is 0.205 e. The number of hydrogen-bond acceptors (Lipinski definition) is 4. The Hall–Kier alpha value is -1.13. The minimum Gasteiger partial charge on any atom is -0.461 e. The fourth-order valence-electron chi connectivity index (χ4n) is 1.44. The summed E-state index contributed by atoms with van der Waals surface area (Å²) < 4.78 is 11.0. The molecule has 0 saturated heterocycles. The monoisotopic (exact) mass is 195 g/mol. The molecule has 1 N–H and O–H groups in total. The number of aliphatic hydroxyl groups is 1. The largest absolute Gasteiger partial charge is 0.461 e. The third-order valence-electron chi connectivity index (χ3n) is 2.20. The van der Waals surface area contributed by atoms with Crippen molar-refractivity contribution >= 4 is 0 Å². The second-order valence-electron chi connectivity index (χ2n) is 3.72. The van der Waals surface area contributed by atoms with Crippen LogP contribution in [0.3, 0.4) is 0 Å². The van der Waals surface area contributed by atoms with Gasteiger partial charge in [0.2, 0.25) is 5.79 Å². The molecule has 1 aliphatic heterocycles. The Bertz CT molecular complexity index is 349. The first-order valence-corrected chi connectivity index (χ1v) is 4.52. The summed E-state index contributed by atoms with van der Waals surface area (Å²) in [5, 5.41) is 9.07. The highest BCUT2D eigenvalue weighted by Gasteiger charge is 2.28. The van der Waals surface area contributed by atoms with Gasteiger partial charge in [0.15, 0.2) is 0 Å². The average Bonchev–Trinajstić information content (AvgIpc) is 2.15. The molecule has 76 valence electrons. The van der Waals surface area contributed by atoms with Crippen molar-refractivity contribution in [2.75, 3.05) is 0 Å². The average molecular weight is 195 g/mol. The zero-order chi connectivity index (χ0) is 10.2. The first-order chi connectivity index (χ1) is 6.62. The molecule has 0 spiro atoms. The molecule has 0 radical (unpaired) electrons. The fourth-order valence-corrected chi connectivity index (χ4v) is 1.44. The van der Waals surface area contributed by atoms with Gasteiger partial charge in [-0.15, -0.1) is 0 Å². The molecular formula is C10H13NO3. The van der Waals surface area contributed by atoms with E-state index in [1.165, 1.54) is 0 Å². The van der Waals surface area contributed by atoms with Gasteiger partial charge in [-0.2, -0.15) is 0 Å². The maximum absolute atomic E-state index is 9.07. The lowest BCUT2D eigenvalue weighted by Gasteiger charge is -2.32. The van der Waals surface area contributed by atoms with E-state index in [0.717, 1.165) is 11.1 Å². The molecule has 1 aliphatic rings. The van der Waals surface area contributed by atoms with Crippen LogP contribution in [0.2, 0.25) is 0 Å². The van der Waals surface area contributed by atoms with E-state index in [4.69, 9.17) is 14.6 Å². The van der Waals surface area contributed by atoms with Crippen LogP contribution in [0.25, 0.3) is 0 Å². The summed E-state index contributed by atoms with van der Waals surface area (Å²) in [7, 11) is 0. The normalized spacial score (nSPS) is 18.5.